The third-order valence-electron chi connectivity index (χ3n) is 6.18. The molecule has 0 bridgehead atoms. The summed E-state index contributed by atoms with van der Waals surface area (Å²) in [6.45, 7) is 5.25. The first-order valence-corrected chi connectivity index (χ1v) is 11.2. The molecule has 0 aromatic heterocycles. The maximum atomic E-state index is 5.98. The summed E-state index contributed by atoms with van der Waals surface area (Å²) in [6, 6.07) is 9.49. The molecule has 0 unspecified atom stereocenters. The zero-order valence-corrected chi connectivity index (χ0v) is 21.0. The van der Waals surface area contributed by atoms with Crippen molar-refractivity contribution in [2.45, 2.75) is 57.2 Å². The van der Waals surface area contributed by atoms with Gasteiger partial charge in [0.05, 0.1) is 0 Å². The van der Waals surface area contributed by atoms with Crippen LogP contribution < -0.4 is 10.6 Å². The summed E-state index contributed by atoms with van der Waals surface area (Å²) >= 11 is 5.98. The molecule has 1 heterocycles. The first-order valence-electron chi connectivity index (χ1n) is 10.8. The molecule has 0 spiro atoms. The summed E-state index contributed by atoms with van der Waals surface area (Å²) in [4.78, 5) is 9.45. The van der Waals surface area contributed by atoms with Crippen LogP contribution in [0.2, 0.25) is 5.02 Å². The van der Waals surface area contributed by atoms with E-state index in [0.717, 1.165) is 62.6 Å². The highest BCUT2D eigenvalue weighted by atomic mass is 127. The fraction of sp³-hybridized carbons (Fsp3) is 0.682. The predicted octanol–water partition coefficient (Wildman–Crippen LogP) is 3.96. The third-order valence-corrected chi connectivity index (χ3v) is 6.43. The van der Waals surface area contributed by atoms with Crippen molar-refractivity contribution in [2.75, 3.05) is 40.3 Å². The maximum Gasteiger partial charge on any atom is 0.191 e. The van der Waals surface area contributed by atoms with Gasteiger partial charge >= 0.3 is 0 Å². The highest BCUT2D eigenvalue weighted by Crippen LogP contribution is 2.21. The molecular formula is C22H37ClIN5. The monoisotopic (exact) mass is 533 g/mol. The van der Waals surface area contributed by atoms with Gasteiger partial charge in [-0.3, -0.25) is 9.89 Å². The number of nitrogens with one attached hydrogen (secondary N) is 2. The van der Waals surface area contributed by atoms with Crippen LogP contribution in [0.25, 0.3) is 0 Å². The van der Waals surface area contributed by atoms with Crippen LogP contribution in [0.1, 0.15) is 44.1 Å². The van der Waals surface area contributed by atoms with Gasteiger partial charge in [-0.1, -0.05) is 36.6 Å². The van der Waals surface area contributed by atoms with Crippen molar-refractivity contribution >= 4 is 41.5 Å². The lowest BCUT2D eigenvalue weighted by atomic mass is 10.0. The van der Waals surface area contributed by atoms with E-state index < -0.39 is 0 Å². The molecule has 1 aliphatic carbocycles. The number of benzene rings is 1. The van der Waals surface area contributed by atoms with Crippen LogP contribution in [0.15, 0.2) is 29.3 Å². The number of rotatable bonds is 7. The Morgan fingerprint density at radius 3 is 2.41 bits per heavy atom. The van der Waals surface area contributed by atoms with Gasteiger partial charge in [-0.25, -0.2) is 0 Å². The van der Waals surface area contributed by atoms with Crippen molar-refractivity contribution in [3.63, 3.8) is 0 Å². The van der Waals surface area contributed by atoms with Crippen molar-refractivity contribution in [1.29, 1.82) is 0 Å². The van der Waals surface area contributed by atoms with Gasteiger partial charge < -0.3 is 15.5 Å². The van der Waals surface area contributed by atoms with Crippen molar-refractivity contribution in [3.05, 3.63) is 34.9 Å². The Hall–Kier alpha value is -0.570. The van der Waals surface area contributed by atoms with Crippen LogP contribution in [0, 0.1) is 0 Å². The first kappa shape index (κ1) is 24.7. The van der Waals surface area contributed by atoms with E-state index in [0.29, 0.717) is 6.04 Å². The Bertz CT molecular complexity index is 610. The Labute approximate surface area is 198 Å². The average molecular weight is 534 g/mol. The molecule has 1 saturated carbocycles. The lowest BCUT2D eigenvalue weighted by Gasteiger charge is -2.33. The molecule has 0 atom stereocenters. The van der Waals surface area contributed by atoms with Gasteiger partial charge in [0.1, 0.15) is 0 Å². The number of piperidine rings is 1. The molecular weight excluding hydrogens is 497 g/mol. The number of guanidine groups is 1. The van der Waals surface area contributed by atoms with Crippen molar-refractivity contribution in [2.24, 2.45) is 4.99 Å². The lowest BCUT2D eigenvalue weighted by Crippen LogP contribution is -2.49. The van der Waals surface area contributed by atoms with Crippen LogP contribution in [0.3, 0.4) is 0 Å². The smallest absolute Gasteiger partial charge is 0.191 e. The molecule has 2 aliphatic rings. The Balaban J connectivity index is 0.00000300. The van der Waals surface area contributed by atoms with Crippen molar-refractivity contribution < 1.29 is 0 Å². The van der Waals surface area contributed by atoms with Crippen molar-refractivity contribution in [3.8, 4) is 0 Å². The van der Waals surface area contributed by atoms with Crippen LogP contribution >= 0.6 is 35.6 Å². The topological polar surface area (TPSA) is 42.9 Å². The van der Waals surface area contributed by atoms with E-state index in [2.05, 4.69) is 44.6 Å². The maximum absolute atomic E-state index is 5.98. The Morgan fingerprint density at radius 2 is 1.79 bits per heavy atom. The van der Waals surface area contributed by atoms with Gasteiger partial charge in [-0.2, -0.15) is 0 Å². The second-order valence-electron chi connectivity index (χ2n) is 8.24. The molecule has 0 amide bonds. The third kappa shape index (κ3) is 8.23. The summed E-state index contributed by atoms with van der Waals surface area (Å²) in [5.41, 5.74) is 1.33. The van der Waals surface area contributed by atoms with Gasteiger partial charge in [0.2, 0.25) is 0 Å². The normalized spacial score (nSPS) is 19.4. The lowest BCUT2D eigenvalue weighted by molar-refractivity contribution is 0.198. The van der Waals surface area contributed by atoms with Crippen molar-refractivity contribution in [1.82, 2.24) is 20.4 Å². The second-order valence-corrected chi connectivity index (χ2v) is 8.68. The molecule has 5 nitrogen and oxygen atoms in total. The number of likely N-dealkylation sites (tertiary alicyclic amines) is 1. The molecule has 2 N–H and O–H groups in total. The van der Waals surface area contributed by atoms with Crippen LogP contribution in [0.5, 0.6) is 0 Å². The van der Waals surface area contributed by atoms with Gasteiger partial charge in [0.15, 0.2) is 5.96 Å². The standard InChI is InChI=1S/C22H36ClN5.HI/c1-24-22(25-13-16-27(2)21-5-3-4-6-21)26-20-11-14-28(15-12-20)17-18-7-9-19(23)10-8-18;/h7-10,20-21H,3-6,11-17H2,1-2H3,(H2,24,25,26);1H. The zero-order valence-electron chi connectivity index (χ0n) is 17.9. The summed E-state index contributed by atoms with van der Waals surface area (Å²) in [5, 5.41) is 7.92. The van der Waals surface area contributed by atoms with Gasteiger partial charge in [0.25, 0.3) is 0 Å². The molecule has 3 rings (SSSR count). The van der Waals surface area contributed by atoms with E-state index in [1.54, 1.807) is 0 Å². The van der Waals surface area contributed by atoms with E-state index in [9.17, 15) is 0 Å². The minimum absolute atomic E-state index is 0. The summed E-state index contributed by atoms with van der Waals surface area (Å²) in [7, 11) is 4.12. The van der Waals surface area contributed by atoms with Gasteiger partial charge in [-0.15, -0.1) is 24.0 Å². The van der Waals surface area contributed by atoms with Crippen LogP contribution in [-0.2, 0) is 6.54 Å². The van der Waals surface area contributed by atoms with Gasteiger partial charge in [0, 0.05) is 56.9 Å². The van der Waals surface area contributed by atoms with E-state index in [4.69, 9.17) is 11.6 Å². The number of aliphatic imine (C=N–C) groups is 1. The molecule has 29 heavy (non-hydrogen) atoms. The molecule has 1 saturated heterocycles. The molecule has 164 valence electrons. The summed E-state index contributed by atoms with van der Waals surface area (Å²) in [6.07, 6.45) is 7.80. The average Bonchev–Trinajstić information content (AvgIpc) is 3.25. The second kappa shape index (κ2) is 13.0. The van der Waals surface area contributed by atoms with Crippen LogP contribution in [0.4, 0.5) is 0 Å². The molecule has 1 aliphatic heterocycles. The zero-order chi connectivity index (χ0) is 19.8. The number of hydrogen-bond acceptors (Lipinski definition) is 3. The first-order chi connectivity index (χ1) is 13.6. The highest BCUT2D eigenvalue weighted by Gasteiger charge is 2.21. The fourth-order valence-electron chi connectivity index (χ4n) is 4.35. The SMILES string of the molecule is CN=C(NCCN(C)C1CCCC1)NC1CCN(Cc2ccc(Cl)cc2)CC1.I. The predicted molar refractivity (Wildman–Crippen MR) is 135 cm³/mol. The number of nitrogens with zero attached hydrogens (tertiary/aromatic N) is 3. The molecule has 0 radical (unpaired) electrons. The summed E-state index contributed by atoms with van der Waals surface area (Å²) in [5.74, 6) is 0.941. The molecule has 1 aromatic carbocycles. The number of halogens is 2. The summed E-state index contributed by atoms with van der Waals surface area (Å²) < 4.78 is 0. The quantitative estimate of drug-likeness (QED) is 0.316. The highest BCUT2D eigenvalue weighted by molar-refractivity contribution is 14.0. The van der Waals surface area contributed by atoms with E-state index in [1.807, 2.05) is 19.2 Å². The van der Waals surface area contributed by atoms with Crippen LogP contribution in [-0.4, -0.2) is 68.1 Å². The molecule has 2 fully saturated rings. The van der Waals surface area contributed by atoms with Gasteiger partial charge in [-0.05, 0) is 50.4 Å². The minimum atomic E-state index is 0. The van der Waals surface area contributed by atoms with E-state index in [1.165, 1.54) is 31.2 Å². The molecule has 7 heteroatoms. The van der Waals surface area contributed by atoms with E-state index >= 15 is 0 Å². The number of likely N-dealkylation sites (N-methyl/N-ethyl adjacent to an activating group) is 1. The minimum Gasteiger partial charge on any atom is -0.355 e. The molecule has 1 aromatic rings. The Kier molecular flexibility index (Phi) is 11.0. The Morgan fingerprint density at radius 1 is 1.14 bits per heavy atom. The largest absolute Gasteiger partial charge is 0.355 e. The number of hydrogen-bond donors (Lipinski definition) is 2. The van der Waals surface area contributed by atoms with E-state index in [-0.39, 0.29) is 24.0 Å². The fourth-order valence-corrected chi connectivity index (χ4v) is 4.48.